The van der Waals surface area contributed by atoms with Crippen molar-refractivity contribution >= 4 is 0 Å². The van der Waals surface area contributed by atoms with Gasteiger partial charge in [-0.25, -0.2) is 0 Å². The molecule has 20 heavy (non-hydrogen) atoms. The minimum absolute atomic E-state index is 0.523. The Balaban J connectivity index is 1.78. The highest BCUT2D eigenvalue weighted by Gasteiger charge is 1.98. The Morgan fingerprint density at radius 1 is 0.800 bits per heavy atom. The summed E-state index contributed by atoms with van der Waals surface area (Å²) in [4.78, 5) is 0. The highest BCUT2D eigenvalue weighted by molar-refractivity contribution is 5.33. The monoisotopic (exact) mass is 271 g/mol. The van der Waals surface area contributed by atoms with Gasteiger partial charge >= 0.3 is 0 Å². The van der Waals surface area contributed by atoms with E-state index < -0.39 is 0 Å². The van der Waals surface area contributed by atoms with E-state index >= 15 is 0 Å². The predicted octanol–water partition coefficient (Wildman–Crippen LogP) is 3.22. The molecule has 2 N–H and O–H groups in total. The summed E-state index contributed by atoms with van der Waals surface area (Å²) < 4.78 is 11.3. The van der Waals surface area contributed by atoms with E-state index in [1.807, 2.05) is 36.4 Å². The van der Waals surface area contributed by atoms with Crippen LogP contribution in [0.3, 0.4) is 0 Å². The van der Waals surface area contributed by atoms with Gasteiger partial charge in [-0.3, -0.25) is 0 Å². The molecule has 2 aromatic carbocycles. The maximum atomic E-state index is 5.69. The average molecular weight is 271 g/mol. The molecule has 3 heteroatoms. The van der Waals surface area contributed by atoms with Crippen LogP contribution < -0.4 is 15.2 Å². The van der Waals surface area contributed by atoms with Crippen LogP contribution in [-0.4, -0.2) is 13.2 Å². The van der Waals surface area contributed by atoms with Gasteiger partial charge in [0, 0.05) is 6.54 Å². The van der Waals surface area contributed by atoms with Gasteiger partial charge in [0.25, 0.3) is 0 Å². The van der Waals surface area contributed by atoms with Gasteiger partial charge in [0.1, 0.15) is 24.7 Å². The quantitative estimate of drug-likeness (QED) is 0.820. The fraction of sp³-hybridized carbons (Fsp3) is 0.294. The number of benzene rings is 2. The molecule has 0 aromatic heterocycles. The Morgan fingerprint density at radius 2 is 1.35 bits per heavy atom. The molecule has 0 aliphatic rings. The number of aryl methyl sites for hydroxylation is 2. The molecular formula is C17H21NO2. The lowest BCUT2D eigenvalue weighted by molar-refractivity contribution is 0.217. The van der Waals surface area contributed by atoms with Crippen LogP contribution in [0.25, 0.3) is 0 Å². The lowest BCUT2D eigenvalue weighted by Gasteiger charge is -2.10. The van der Waals surface area contributed by atoms with E-state index in [0.29, 0.717) is 19.8 Å². The summed E-state index contributed by atoms with van der Waals surface area (Å²) in [6.45, 7) is 5.73. The van der Waals surface area contributed by atoms with E-state index in [9.17, 15) is 0 Å². The van der Waals surface area contributed by atoms with Gasteiger partial charge in [-0.15, -0.1) is 0 Å². The van der Waals surface area contributed by atoms with Gasteiger partial charge in [-0.05, 0) is 54.8 Å². The van der Waals surface area contributed by atoms with Crippen molar-refractivity contribution in [2.45, 2.75) is 20.4 Å². The fourth-order valence-electron chi connectivity index (χ4n) is 2.06. The topological polar surface area (TPSA) is 44.5 Å². The molecular weight excluding hydrogens is 250 g/mol. The van der Waals surface area contributed by atoms with Crippen LogP contribution in [0.4, 0.5) is 0 Å². The van der Waals surface area contributed by atoms with E-state index in [-0.39, 0.29) is 0 Å². The van der Waals surface area contributed by atoms with Gasteiger partial charge in [-0.2, -0.15) is 0 Å². The molecule has 0 saturated carbocycles. The Bertz CT molecular complexity index is 529. The molecule has 0 atom stereocenters. The second-order valence-electron chi connectivity index (χ2n) is 4.87. The van der Waals surface area contributed by atoms with Crippen molar-refractivity contribution in [3.05, 3.63) is 59.2 Å². The van der Waals surface area contributed by atoms with Crippen molar-refractivity contribution in [2.24, 2.45) is 5.73 Å². The van der Waals surface area contributed by atoms with E-state index in [4.69, 9.17) is 15.2 Å². The van der Waals surface area contributed by atoms with Crippen molar-refractivity contribution in [1.82, 2.24) is 0 Å². The first-order chi connectivity index (χ1) is 9.67. The highest BCUT2D eigenvalue weighted by atomic mass is 16.5. The highest BCUT2D eigenvalue weighted by Crippen LogP contribution is 2.16. The van der Waals surface area contributed by atoms with E-state index in [1.54, 1.807) is 0 Å². The van der Waals surface area contributed by atoms with Gasteiger partial charge in [0.2, 0.25) is 0 Å². The predicted molar refractivity (Wildman–Crippen MR) is 81.2 cm³/mol. The summed E-state index contributed by atoms with van der Waals surface area (Å²) in [5.41, 5.74) is 9.06. The molecule has 2 aromatic rings. The van der Waals surface area contributed by atoms with E-state index in [0.717, 1.165) is 17.1 Å². The first-order valence-corrected chi connectivity index (χ1v) is 6.80. The Kier molecular flexibility index (Phi) is 5.02. The molecule has 106 valence electrons. The van der Waals surface area contributed by atoms with E-state index in [1.165, 1.54) is 11.1 Å². The zero-order valence-electron chi connectivity index (χ0n) is 12.1. The lowest BCUT2D eigenvalue weighted by Crippen LogP contribution is -2.09. The van der Waals surface area contributed by atoms with Crippen LogP contribution in [0.2, 0.25) is 0 Å². The van der Waals surface area contributed by atoms with Crippen molar-refractivity contribution < 1.29 is 9.47 Å². The van der Waals surface area contributed by atoms with Crippen LogP contribution in [0.15, 0.2) is 42.5 Å². The molecule has 3 nitrogen and oxygen atoms in total. The van der Waals surface area contributed by atoms with Crippen molar-refractivity contribution in [3.63, 3.8) is 0 Å². The molecule has 0 spiro atoms. The molecule has 0 aliphatic heterocycles. The Labute approximate surface area is 120 Å². The molecule has 0 unspecified atom stereocenters. The lowest BCUT2D eigenvalue weighted by atomic mass is 10.1. The molecule has 0 aliphatic carbocycles. The van der Waals surface area contributed by atoms with Gasteiger partial charge in [0.15, 0.2) is 0 Å². The van der Waals surface area contributed by atoms with Crippen molar-refractivity contribution in [2.75, 3.05) is 13.2 Å². The Morgan fingerprint density at radius 3 is 1.90 bits per heavy atom. The van der Waals surface area contributed by atoms with Crippen molar-refractivity contribution in [1.29, 1.82) is 0 Å². The molecule has 0 saturated heterocycles. The minimum atomic E-state index is 0.523. The molecule has 0 heterocycles. The molecule has 0 bridgehead atoms. The third-order valence-corrected chi connectivity index (χ3v) is 2.98. The standard InChI is InChI=1S/C17H21NO2/c1-13-9-14(2)11-17(10-13)20-8-7-19-16-5-3-15(12-18)4-6-16/h3-6,9-11H,7-8,12,18H2,1-2H3. The molecule has 0 fully saturated rings. The molecule has 0 amide bonds. The van der Waals surface area contributed by atoms with Crippen LogP contribution in [0.5, 0.6) is 11.5 Å². The summed E-state index contributed by atoms with van der Waals surface area (Å²) in [6.07, 6.45) is 0. The van der Waals surface area contributed by atoms with Gasteiger partial charge < -0.3 is 15.2 Å². The zero-order chi connectivity index (χ0) is 14.4. The maximum absolute atomic E-state index is 5.69. The normalized spacial score (nSPS) is 10.3. The summed E-state index contributed by atoms with van der Waals surface area (Å²) in [5, 5.41) is 0. The second-order valence-corrected chi connectivity index (χ2v) is 4.87. The van der Waals surface area contributed by atoms with Crippen LogP contribution >= 0.6 is 0 Å². The Hall–Kier alpha value is -2.00. The number of hydrogen-bond donors (Lipinski definition) is 1. The molecule has 2 rings (SSSR count). The van der Waals surface area contributed by atoms with Crippen LogP contribution in [0.1, 0.15) is 16.7 Å². The third kappa shape index (κ3) is 4.28. The summed E-state index contributed by atoms with van der Waals surface area (Å²) in [6, 6.07) is 14.0. The first-order valence-electron chi connectivity index (χ1n) is 6.80. The SMILES string of the molecule is Cc1cc(C)cc(OCCOc2ccc(CN)cc2)c1. The smallest absolute Gasteiger partial charge is 0.122 e. The maximum Gasteiger partial charge on any atom is 0.122 e. The molecule has 0 radical (unpaired) electrons. The number of hydrogen-bond acceptors (Lipinski definition) is 3. The summed E-state index contributed by atoms with van der Waals surface area (Å²) in [7, 11) is 0. The van der Waals surface area contributed by atoms with Gasteiger partial charge in [0.05, 0.1) is 0 Å². The minimum Gasteiger partial charge on any atom is -0.490 e. The van der Waals surface area contributed by atoms with E-state index in [2.05, 4.69) is 19.9 Å². The second kappa shape index (κ2) is 6.96. The number of rotatable bonds is 6. The van der Waals surface area contributed by atoms with Crippen molar-refractivity contribution in [3.8, 4) is 11.5 Å². The zero-order valence-corrected chi connectivity index (χ0v) is 12.1. The third-order valence-electron chi connectivity index (χ3n) is 2.98. The van der Waals surface area contributed by atoms with Crippen LogP contribution in [-0.2, 0) is 6.54 Å². The fourth-order valence-corrected chi connectivity index (χ4v) is 2.06. The number of nitrogens with two attached hydrogens (primary N) is 1. The summed E-state index contributed by atoms with van der Waals surface area (Å²) in [5.74, 6) is 1.73. The van der Waals surface area contributed by atoms with Gasteiger partial charge in [-0.1, -0.05) is 18.2 Å². The number of ether oxygens (including phenoxy) is 2. The summed E-state index contributed by atoms with van der Waals surface area (Å²) >= 11 is 0. The largest absolute Gasteiger partial charge is 0.490 e. The average Bonchev–Trinajstić information content (AvgIpc) is 2.43. The van der Waals surface area contributed by atoms with Crippen LogP contribution in [0, 0.1) is 13.8 Å². The first kappa shape index (κ1) is 14.4.